The first-order valence-electron chi connectivity index (χ1n) is 5.87. The second-order valence-corrected chi connectivity index (χ2v) is 4.65. The van der Waals surface area contributed by atoms with Crippen LogP contribution in [0.4, 0.5) is 0 Å². The Morgan fingerprint density at radius 3 is 2.65 bits per heavy atom. The van der Waals surface area contributed by atoms with Gasteiger partial charge in [-0.15, -0.1) is 0 Å². The van der Waals surface area contributed by atoms with Crippen LogP contribution in [0.15, 0.2) is 18.2 Å². The van der Waals surface area contributed by atoms with E-state index in [1.807, 2.05) is 18.2 Å². The maximum Gasteiger partial charge on any atom is 0.167 e. The maximum atomic E-state index is 10.2. The van der Waals surface area contributed by atoms with Crippen LogP contribution in [0.2, 0.25) is 0 Å². The Labute approximate surface area is 100 Å². The molecule has 0 atom stereocenters. The number of methoxy groups -OCH3 is 1. The summed E-state index contributed by atoms with van der Waals surface area (Å²) in [6.45, 7) is 1.21. The van der Waals surface area contributed by atoms with Crippen molar-refractivity contribution in [2.75, 3.05) is 20.3 Å². The molecular weight excluding hydrogens is 220 g/mol. The standard InChI is InChI=1S/C13H16O4/c1-15-11-4-2-3-10(13(14)5-6-13)12(11)17-9-7-16-8-9/h2-4,9,14H,5-8H2,1H3. The summed E-state index contributed by atoms with van der Waals surface area (Å²) in [6.07, 6.45) is 1.66. The Morgan fingerprint density at radius 2 is 2.12 bits per heavy atom. The van der Waals surface area contributed by atoms with Crippen molar-refractivity contribution >= 4 is 0 Å². The molecule has 1 saturated carbocycles. The Bertz CT molecular complexity index is 421. The molecule has 0 unspecified atom stereocenters. The molecule has 2 fully saturated rings. The van der Waals surface area contributed by atoms with E-state index in [0.29, 0.717) is 24.7 Å². The molecule has 1 aliphatic carbocycles. The van der Waals surface area contributed by atoms with Gasteiger partial charge in [-0.3, -0.25) is 0 Å². The lowest BCUT2D eigenvalue weighted by Crippen LogP contribution is -2.39. The van der Waals surface area contributed by atoms with Crippen LogP contribution in [0.3, 0.4) is 0 Å². The molecule has 0 aromatic heterocycles. The molecule has 92 valence electrons. The van der Waals surface area contributed by atoms with Crippen molar-refractivity contribution in [1.29, 1.82) is 0 Å². The van der Waals surface area contributed by atoms with E-state index in [1.165, 1.54) is 0 Å². The van der Waals surface area contributed by atoms with E-state index in [9.17, 15) is 5.11 Å². The predicted molar refractivity (Wildman–Crippen MR) is 61.4 cm³/mol. The van der Waals surface area contributed by atoms with Gasteiger partial charge in [-0.25, -0.2) is 0 Å². The van der Waals surface area contributed by atoms with Crippen molar-refractivity contribution < 1.29 is 19.3 Å². The Kier molecular flexibility index (Phi) is 2.49. The van der Waals surface area contributed by atoms with Crippen molar-refractivity contribution in [2.45, 2.75) is 24.5 Å². The van der Waals surface area contributed by atoms with Crippen LogP contribution < -0.4 is 9.47 Å². The number of rotatable bonds is 4. The van der Waals surface area contributed by atoms with Gasteiger partial charge in [-0.05, 0) is 18.9 Å². The minimum Gasteiger partial charge on any atom is -0.493 e. The van der Waals surface area contributed by atoms with Crippen LogP contribution >= 0.6 is 0 Å². The smallest absolute Gasteiger partial charge is 0.167 e. The van der Waals surface area contributed by atoms with E-state index in [0.717, 1.165) is 18.4 Å². The highest BCUT2D eigenvalue weighted by Crippen LogP contribution is 2.51. The highest BCUT2D eigenvalue weighted by atomic mass is 16.6. The van der Waals surface area contributed by atoms with Crippen LogP contribution in [0.5, 0.6) is 11.5 Å². The van der Waals surface area contributed by atoms with Crippen LogP contribution in [0.1, 0.15) is 18.4 Å². The zero-order valence-corrected chi connectivity index (χ0v) is 9.81. The van der Waals surface area contributed by atoms with E-state index in [-0.39, 0.29) is 6.10 Å². The Hall–Kier alpha value is -1.26. The summed E-state index contributed by atoms with van der Waals surface area (Å²) >= 11 is 0. The summed E-state index contributed by atoms with van der Waals surface area (Å²) in [5, 5.41) is 10.2. The number of aliphatic hydroxyl groups is 1. The van der Waals surface area contributed by atoms with Gasteiger partial charge in [-0.2, -0.15) is 0 Å². The lowest BCUT2D eigenvalue weighted by atomic mass is 10.1. The molecule has 0 spiro atoms. The van der Waals surface area contributed by atoms with Crippen molar-refractivity contribution in [1.82, 2.24) is 0 Å². The number of hydrogen-bond donors (Lipinski definition) is 1. The molecule has 1 aromatic rings. The predicted octanol–water partition coefficient (Wildman–Crippen LogP) is 1.45. The van der Waals surface area contributed by atoms with Gasteiger partial charge in [0, 0.05) is 5.56 Å². The zero-order valence-electron chi connectivity index (χ0n) is 9.81. The summed E-state index contributed by atoms with van der Waals surface area (Å²) in [7, 11) is 1.61. The highest BCUT2D eigenvalue weighted by molar-refractivity contribution is 5.51. The van der Waals surface area contributed by atoms with Gasteiger partial charge in [-0.1, -0.05) is 12.1 Å². The first kappa shape index (κ1) is 10.9. The van der Waals surface area contributed by atoms with Gasteiger partial charge in [0.2, 0.25) is 0 Å². The lowest BCUT2D eigenvalue weighted by Gasteiger charge is -2.29. The van der Waals surface area contributed by atoms with E-state index in [2.05, 4.69) is 0 Å². The normalized spacial score (nSPS) is 21.8. The maximum absolute atomic E-state index is 10.2. The van der Waals surface area contributed by atoms with Crippen molar-refractivity contribution in [2.24, 2.45) is 0 Å². The largest absolute Gasteiger partial charge is 0.493 e. The molecule has 2 aliphatic rings. The van der Waals surface area contributed by atoms with E-state index < -0.39 is 5.60 Å². The molecule has 1 heterocycles. The average molecular weight is 236 g/mol. The van der Waals surface area contributed by atoms with E-state index in [4.69, 9.17) is 14.2 Å². The summed E-state index contributed by atoms with van der Waals surface area (Å²) in [5.41, 5.74) is 0.123. The van der Waals surface area contributed by atoms with Crippen molar-refractivity contribution in [3.8, 4) is 11.5 Å². The molecule has 17 heavy (non-hydrogen) atoms. The van der Waals surface area contributed by atoms with Gasteiger partial charge in [0.1, 0.15) is 6.10 Å². The lowest BCUT2D eigenvalue weighted by molar-refractivity contribution is -0.0814. The van der Waals surface area contributed by atoms with Gasteiger partial charge < -0.3 is 19.3 Å². The van der Waals surface area contributed by atoms with Crippen molar-refractivity contribution in [3.05, 3.63) is 23.8 Å². The van der Waals surface area contributed by atoms with Crippen LogP contribution in [-0.2, 0) is 10.3 Å². The fraction of sp³-hybridized carbons (Fsp3) is 0.538. The topological polar surface area (TPSA) is 47.9 Å². The summed E-state index contributed by atoms with van der Waals surface area (Å²) in [5.74, 6) is 1.35. The summed E-state index contributed by atoms with van der Waals surface area (Å²) < 4.78 is 16.3. The average Bonchev–Trinajstić information content (AvgIpc) is 3.02. The fourth-order valence-corrected chi connectivity index (χ4v) is 2.00. The molecule has 1 aromatic carbocycles. The zero-order chi connectivity index (χ0) is 11.9. The van der Waals surface area contributed by atoms with Crippen LogP contribution in [-0.4, -0.2) is 31.5 Å². The fourth-order valence-electron chi connectivity index (χ4n) is 2.00. The van der Waals surface area contributed by atoms with E-state index in [1.54, 1.807) is 7.11 Å². The number of hydrogen-bond acceptors (Lipinski definition) is 4. The monoisotopic (exact) mass is 236 g/mol. The third kappa shape index (κ3) is 1.87. The third-order valence-electron chi connectivity index (χ3n) is 3.32. The molecule has 3 rings (SSSR count). The molecule has 0 radical (unpaired) electrons. The SMILES string of the molecule is COc1cccc(C2(O)CC2)c1OC1COC1. The molecular formula is C13H16O4. The van der Waals surface area contributed by atoms with Crippen LogP contribution in [0.25, 0.3) is 0 Å². The Balaban J connectivity index is 1.95. The number of benzene rings is 1. The van der Waals surface area contributed by atoms with Crippen molar-refractivity contribution in [3.63, 3.8) is 0 Å². The molecule has 0 bridgehead atoms. The highest BCUT2D eigenvalue weighted by Gasteiger charge is 2.45. The number of ether oxygens (including phenoxy) is 3. The first-order valence-corrected chi connectivity index (χ1v) is 5.87. The summed E-state index contributed by atoms with van der Waals surface area (Å²) in [6, 6.07) is 5.64. The molecule has 4 heteroatoms. The van der Waals surface area contributed by atoms with Gasteiger partial charge >= 0.3 is 0 Å². The molecule has 1 aliphatic heterocycles. The van der Waals surface area contributed by atoms with Crippen LogP contribution in [0, 0.1) is 0 Å². The van der Waals surface area contributed by atoms with E-state index >= 15 is 0 Å². The minimum atomic E-state index is -0.714. The quantitative estimate of drug-likeness (QED) is 0.859. The third-order valence-corrected chi connectivity index (χ3v) is 3.32. The van der Waals surface area contributed by atoms with Gasteiger partial charge in [0.15, 0.2) is 11.5 Å². The second kappa shape index (κ2) is 3.89. The Morgan fingerprint density at radius 1 is 1.35 bits per heavy atom. The second-order valence-electron chi connectivity index (χ2n) is 4.65. The minimum absolute atomic E-state index is 0.0763. The number of para-hydroxylation sites is 1. The first-order chi connectivity index (χ1) is 8.23. The summed E-state index contributed by atoms with van der Waals surface area (Å²) in [4.78, 5) is 0. The van der Waals surface area contributed by atoms with Gasteiger partial charge in [0.25, 0.3) is 0 Å². The molecule has 1 saturated heterocycles. The van der Waals surface area contributed by atoms with Gasteiger partial charge in [0.05, 0.1) is 25.9 Å². The molecule has 1 N–H and O–H groups in total. The molecule has 0 amide bonds. The molecule has 4 nitrogen and oxygen atoms in total.